The van der Waals surface area contributed by atoms with E-state index in [1.54, 1.807) is 6.20 Å². The number of carbonyl (C=O) groups excluding carboxylic acids is 1. The number of rotatable bonds is 4. The van der Waals surface area contributed by atoms with E-state index in [9.17, 15) is 4.79 Å². The first-order chi connectivity index (χ1) is 10.7. The first-order valence-electron chi connectivity index (χ1n) is 8.25. The zero-order valence-electron chi connectivity index (χ0n) is 13.5. The lowest BCUT2D eigenvalue weighted by Gasteiger charge is -2.26. The molecule has 2 saturated heterocycles. The van der Waals surface area contributed by atoms with E-state index in [1.807, 2.05) is 24.1 Å². The van der Waals surface area contributed by atoms with Crippen molar-refractivity contribution in [2.45, 2.75) is 44.8 Å². The van der Waals surface area contributed by atoms with Crippen LogP contribution in [0.4, 0.5) is 5.82 Å². The summed E-state index contributed by atoms with van der Waals surface area (Å²) in [5.74, 6) is 0.870. The minimum atomic E-state index is 0.104. The molecule has 1 aromatic rings. The number of nitrogens with zero attached hydrogens (tertiary/aromatic N) is 3. The van der Waals surface area contributed by atoms with Crippen LogP contribution in [0.2, 0.25) is 0 Å². The van der Waals surface area contributed by atoms with Crippen molar-refractivity contribution in [1.29, 1.82) is 0 Å². The van der Waals surface area contributed by atoms with Crippen LogP contribution >= 0.6 is 0 Å². The molecule has 0 N–H and O–H groups in total. The molecule has 0 aliphatic carbocycles. The molecule has 0 radical (unpaired) electrons. The Hall–Kier alpha value is -1.62. The van der Waals surface area contributed by atoms with E-state index in [0.29, 0.717) is 11.6 Å². The van der Waals surface area contributed by atoms with E-state index in [-0.39, 0.29) is 12.0 Å². The molecule has 22 heavy (non-hydrogen) atoms. The number of likely N-dealkylation sites (tertiary alicyclic amines) is 1. The average molecular weight is 303 g/mol. The number of hydrogen-bond donors (Lipinski definition) is 0. The molecule has 120 valence electrons. The highest BCUT2D eigenvalue weighted by atomic mass is 16.5. The fourth-order valence-electron chi connectivity index (χ4n) is 3.44. The van der Waals surface area contributed by atoms with Crippen LogP contribution in [0.25, 0.3) is 0 Å². The molecule has 5 nitrogen and oxygen atoms in total. The van der Waals surface area contributed by atoms with Crippen LogP contribution < -0.4 is 4.90 Å². The van der Waals surface area contributed by atoms with Crippen molar-refractivity contribution in [3.05, 3.63) is 23.9 Å². The molecule has 3 rings (SSSR count). The highest BCUT2D eigenvalue weighted by molar-refractivity contribution is 5.99. The summed E-state index contributed by atoms with van der Waals surface area (Å²) >= 11 is 0. The Morgan fingerprint density at radius 2 is 2.32 bits per heavy atom. The first-order valence-corrected chi connectivity index (χ1v) is 8.25. The van der Waals surface area contributed by atoms with Crippen molar-refractivity contribution in [2.75, 3.05) is 31.6 Å². The number of carbonyl (C=O) groups is 1. The second-order valence-electron chi connectivity index (χ2n) is 6.38. The van der Waals surface area contributed by atoms with Gasteiger partial charge in [0.25, 0.3) is 5.91 Å². The molecule has 0 aromatic carbocycles. The largest absolute Gasteiger partial charge is 0.376 e. The number of likely N-dealkylation sites (N-methyl/N-ethyl adjacent to an activating group) is 1. The SMILES string of the molecule is CC1CCCN1C(=O)c1cccnc1N(C)CC1CCCO1. The molecule has 2 atom stereocenters. The number of anilines is 1. The number of aromatic nitrogens is 1. The lowest BCUT2D eigenvalue weighted by molar-refractivity contribution is 0.0747. The van der Waals surface area contributed by atoms with Gasteiger partial charge in [0.1, 0.15) is 5.82 Å². The van der Waals surface area contributed by atoms with Gasteiger partial charge in [-0.05, 0) is 44.7 Å². The molecular weight excluding hydrogens is 278 g/mol. The van der Waals surface area contributed by atoms with Crippen molar-refractivity contribution in [2.24, 2.45) is 0 Å². The Labute approximate surface area is 132 Å². The standard InChI is InChI=1S/C17H25N3O2/c1-13-6-4-10-20(13)17(21)15-8-3-9-18-16(15)19(2)12-14-7-5-11-22-14/h3,8-9,13-14H,4-7,10-12H2,1-2H3. The van der Waals surface area contributed by atoms with Crippen molar-refractivity contribution in [3.63, 3.8) is 0 Å². The summed E-state index contributed by atoms with van der Waals surface area (Å²) in [6.45, 7) is 4.60. The van der Waals surface area contributed by atoms with Gasteiger partial charge in [-0.1, -0.05) is 0 Å². The van der Waals surface area contributed by atoms with Gasteiger partial charge < -0.3 is 14.5 Å². The Morgan fingerprint density at radius 1 is 1.45 bits per heavy atom. The van der Waals surface area contributed by atoms with E-state index >= 15 is 0 Å². The summed E-state index contributed by atoms with van der Waals surface area (Å²) in [6, 6.07) is 4.06. The molecule has 1 amide bonds. The number of hydrogen-bond acceptors (Lipinski definition) is 4. The topological polar surface area (TPSA) is 45.7 Å². The molecule has 2 aliphatic heterocycles. The maximum atomic E-state index is 12.8. The fraction of sp³-hybridized carbons (Fsp3) is 0.647. The number of amides is 1. The van der Waals surface area contributed by atoms with Gasteiger partial charge in [0, 0.05) is 39.0 Å². The van der Waals surface area contributed by atoms with Crippen LogP contribution in [0.5, 0.6) is 0 Å². The summed E-state index contributed by atoms with van der Waals surface area (Å²) in [7, 11) is 1.99. The maximum Gasteiger partial charge on any atom is 0.257 e. The molecule has 1 aromatic heterocycles. The third-order valence-corrected chi connectivity index (χ3v) is 4.69. The normalized spacial score (nSPS) is 24.7. The van der Waals surface area contributed by atoms with Gasteiger partial charge in [0.15, 0.2) is 0 Å². The van der Waals surface area contributed by atoms with Crippen molar-refractivity contribution >= 4 is 11.7 Å². The molecule has 2 unspecified atom stereocenters. The third kappa shape index (κ3) is 3.09. The van der Waals surface area contributed by atoms with Gasteiger partial charge in [0.05, 0.1) is 11.7 Å². The summed E-state index contributed by atoms with van der Waals surface area (Å²) in [5.41, 5.74) is 0.705. The third-order valence-electron chi connectivity index (χ3n) is 4.69. The van der Waals surface area contributed by atoms with Crippen molar-refractivity contribution in [3.8, 4) is 0 Å². The zero-order chi connectivity index (χ0) is 15.5. The summed E-state index contributed by atoms with van der Waals surface area (Å²) in [5, 5.41) is 0. The van der Waals surface area contributed by atoms with Crippen LogP contribution in [-0.2, 0) is 4.74 Å². The molecule has 0 saturated carbocycles. The quantitative estimate of drug-likeness (QED) is 0.856. The maximum absolute atomic E-state index is 12.8. The summed E-state index contributed by atoms with van der Waals surface area (Å²) in [6.07, 6.45) is 6.40. The number of ether oxygens (including phenoxy) is 1. The van der Waals surface area contributed by atoms with Gasteiger partial charge in [-0.2, -0.15) is 0 Å². The Balaban J connectivity index is 1.78. The molecule has 2 aliphatic rings. The smallest absolute Gasteiger partial charge is 0.257 e. The van der Waals surface area contributed by atoms with Crippen LogP contribution in [-0.4, -0.2) is 54.7 Å². The van der Waals surface area contributed by atoms with E-state index in [2.05, 4.69) is 16.8 Å². The molecule has 5 heteroatoms. The first kappa shape index (κ1) is 15.3. The van der Waals surface area contributed by atoms with E-state index in [4.69, 9.17) is 4.74 Å². The predicted octanol–water partition coefficient (Wildman–Crippen LogP) is 2.32. The Bertz CT molecular complexity index is 528. The highest BCUT2D eigenvalue weighted by Crippen LogP contribution is 2.25. The van der Waals surface area contributed by atoms with E-state index < -0.39 is 0 Å². The van der Waals surface area contributed by atoms with Crippen LogP contribution in [0.1, 0.15) is 43.0 Å². The minimum absolute atomic E-state index is 0.104. The van der Waals surface area contributed by atoms with Gasteiger partial charge >= 0.3 is 0 Å². The molecule has 0 bridgehead atoms. The Morgan fingerprint density at radius 3 is 3.00 bits per heavy atom. The average Bonchev–Trinajstić information content (AvgIpc) is 3.18. The molecule has 3 heterocycles. The molecule has 0 spiro atoms. The lowest BCUT2D eigenvalue weighted by atomic mass is 10.1. The van der Waals surface area contributed by atoms with Gasteiger partial charge in [0.2, 0.25) is 0 Å². The fourth-order valence-corrected chi connectivity index (χ4v) is 3.44. The minimum Gasteiger partial charge on any atom is -0.376 e. The monoisotopic (exact) mass is 303 g/mol. The van der Waals surface area contributed by atoms with Crippen molar-refractivity contribution in [1.82, 2.24) is 9.88 Å². The van der Waals surface area contributed by atoms with Crippen LogP contribution in [0.15, 0.2) is 18.3 Å². The second-order valence-corrected chi connectivity index (χ2v) is 6.38. The van der Waals surface area contributed by atoms with Gasteiger partial charge in [-0.15, -0.1) is 0 Å². The number of pyridine rings is 1. The van der Waals surface area contributed by atoms with Crippen LogP contribution in [0, 0.1) is 0 Å². The predicted molar refractivity (Wildman–Crippen MR) is 86.2 cm³/mol. The Kier molecular flexibility index (Phi) is 4.62. The summed E-state index contributed by atoms with van der Waals surface area (Å²) in [4.78, 5) is 21.3. The molecular formula is C17H25N3O2. The van der Waals surface area contributed by atoms with Crippen LogP contribution in [0.3, 0.4) is 0 Å². The zero-order valence-corrected chi connectivity index (χ0v) is 13.5. The van der Waals surface area contributed by atoms with Gasteiger partial charge in [-0.3, -0.25) is 4.79 Å². The lowest BCUT2D eigenvalue weighted by Crippen LogP contribution is -2.36. The van der Waals surface area contributed by atoms with Crippen molar-refractivity contribution < 1.29 is 9.53 Å². The summed E-state index contributed by atoms with van der Waals surface area (Å²) < 4.78 is 5.70. The van der Waals surface area contributed by atoms with E-state index in [1.165, 1.54) is 0 Å². The molecule has 2 fully saturated rings. The highest BCUT2D eigenvalue weighted by Gasteiger charge is 2.29. The van der Waals surface area contributed by atoms with E-state index in [0.717, 1.165) is 51.2 Å². The second kappa shape index (κ2) is 6.65. The van der Waals surface area contributed by atoms with Gasteiger partial charge in [-0.25, -0.2) is 4.98 Å².